The minimum atomic E-state index is -0.631. The highest BCUT2D eigenvalue weighted by atomic mass is 79.9. The topological polar surface area (TPSA) is 67.9 Å². The van der Waals surface area contributed by atoms with Crippen LogP contribution in [0, 0.1) is 5.82 Å². The number of amides is 2. The van der Waals surface area contributed by atoms with Crippen LogP contribution < -0.4 is 14.8 Å². The van der Waals surface area contributed by atoms with Crippen molar-refractivity contribution < 1.29 is 23.5 Å². The third-order valence-electron chi connectivity index (χ3n) is 3.99. The second-order valence-electron chi connectivity index (χ2n) is 5.85. The zero-order valence-corrected chi connectivity index (χ0v) is 16.2. The number of fused-ring (bicyclic) bond motifs is 1. The van der Waals surface area contributed by atoms with Gasteiger partial charge in [-0.15, -0.1) is 0 Å². The number of benzene rings is 2. The molecule has 0 radical (unpaired) electrons. The highest BCUT2D eigenvalue weighted by Crippen LogP contribution is 2.32. The van der Waals surface area contributed by atoms with Gasteiger partial charge in [-0.1, -0.05) is 15.9 Å². The number of nitrogens with one attached hydrogen (secondary N) is 1. The minimum Gasteiger partial charge on any atom is -0.486 e. The molecule has 0 unspecified atom stereocenters. The van der Waals surface area contributed by atoms with Gasteiger partial charge in [-0.2, -0.15) is 0 Å². The Morgan fingerprint density at radius 3 is 2.63 bits per heavy atom. The Morgan fingerprint density at radius 2 is 1.89 bits per heavy atom. The van der Waals surface area contributed by atoms with E-state index in [0.717, 1.165) is 0 Å². The van der Waals surface area contributed by atoms with E-state index in [1.54, 1.807) is 25.1 Å². The van der Waals surface area contributed by atoms with Crippen molar-refractivity contribution in [2.45, 2.75) is 6.92 Å². The Bertz CT molecular complexity index is 875. The Labute approximate surface area is 164 Å². The number of rotatable bonds is 5. The van der Waals surface area contributed by atoms with Gasteiger partial charge in [0.25, 0.3) is 5.91 Å². The van der Waals surface area contributed by atoms with Gasteiger partial charge in [0, 0.05) is 22.8 Å². The summed E-state index contributed by atoms with van der Waals surface area (Å²) in [6, 6.07) is 9.19. The highest BCUT2D eigenvalue weighted by Gasteiger charge is 2.21. The molecule has 0 aliphatic carbocycles. The number of nitrogens with zero attached hydrogens (tertiary/aromatic N) is 1. The third kappa shape index (κ3) is 4.57. The summed E-state index contributed by atoms with van der Waals surface area (Å²) in [6.45, 7) is 2.72. The van der Waals surface area contributed by atoms with E-state index in [2.05, 4.69) is 21.2 Å². The summed E-state index contributed by atoms with van der Waals surface area (Å²) in [6.07, 6.45) is 0. The van der Waals surface area contributed by atoms with Gasteiger partial charge in [0.1, 0.15) is 25.6 Å². The summed E-state index contributed by atoms with van der Waals surface area (Å²) >= 11 is 3.22. The van der Waals surface area contributed by atoms with Crippen LogP contribution >= 0.6 is 15.9 Å². The number of carbonyl (C=O) groups is 2. The van der Waals surface area contributed by atoms with Crippen LogP contribution in [-0.2, 0) is 4.79 Å². The summed E-state index contributed by atoms with van der Waals surface area (Å²) in [7, 11) is 0. The number of hydrogen-bond acceptors (Lipinski definition) is 4. The van der Waals surface area contributed by atoms with Crippen LogP contribution in [0.15, 0.2) is 40.9 Å². The van der Waals surface area contributed by atoms with Crippen molar-refractivity contribution in [1.29, 1.82) is 0 Å². The molecule has 0 spiro atoms. The molecule has 1 heterocycles. The zero-order chi connectivity index (χ0) is 19.4. The summed E-state index contributed by atoms with van der Waals surface area (Å²) in [4.78, 5) is 26.2. The first-order valence-electron chi connectivity index (χ1n) is 8.41. The molecule has 0 aromatic heterocycles. The van der Waals surface area contributed by atoms with Crippen molar-refractivity contribution in [2.24, 2.45) is 0 Å². The van der Waals surface area contributed by atoms with Crippen LogP contribution in [0.25, 0.3) is 0 Å². The van der Waals surface area contributed by atoms with E-state index >= 15 is 0 Å². The number of ether oxygens (including phenoxy) is 2. The summed E-state index contributed by atoms with van der Waals surface area (Å²) < 4.78 is 25.5. The monoisotopic (exact) mass is 436 g/mol. The van der Waals surface area contributed by atoms with Crippen LogP contribution in [0.4, 0.5) is 10.1 Å². The fourth-order valence-electron chi connectivity index (χ4n) is 2.65. The molecule has 6 nitrogen and oxygen atoms in total. The summed E-state index contributed by atoms with van der Waals surface area (Å²) in [5.74, 6) is -0.395. The normalized spacial score (nSPS) is 12.4. The number of likely N-dealkylation sites (N-methyl/N-ethyl adjacent to an activating group) is 1. The predicted octanol–water partition coefficient (Wildman–Crippen LogP) is 3.46. The predicted molar refractivity (Wildman–Crippen MR) is 102 cm³/mol. The quantitative estimate of drug-likeness (QED) is 0.778. The van der Waals surface area contributed by atoms with Crippen LogP contribution in [-0.4, -0.2) is 43.0 Å². The summed E-state index contributed by atoms with van der Waals surface area (Å²) in [5, 5.41) is 2.72. The van der Waals surface area contributed by atoms with E-state index < -0.39 is 17.6 Å². The standard InChI is InChI=1S/C19H18BrFN2O4/c1-2-23(19(25)14-9-12(20)3-5-15(14)21)11-18(24)22-13-4-6-16-17(10-13)27-8-7-26-16/h3-6,9-10H,2,7-8,11H2,1H3,(H,22,24). The summed E-state index contributed by atoms with van der Waals surface area (Å²) in [5.41, 5.74) is 0.444. The van der Waals surface area contributed by atoms with E-state index in [-0.39, 0.29) is 18.7 Å². The Morgan fingerprint density at radius 1 is 1.15 bits per heavy atom. The molecular weight excluding hydrogens is 419 g/mol. The molecule has 1 N–H and O–H groups in total. The SMILES string of the molecule is CCN(CC(=O)Nc1ccc2c(c1)OCCO2)C(=O)c1cc(Br)ccc1F. The largest absolute Gasteiger partial charge is 0.486 e. The molecule has 0 saturated carbocycles. The maximum Gasteiger partial charge on any atom is 0.257 e. The lowest BCUT2D eigenvalue weighted by Gasteiger charge is -2.22. The van der Waals surface area contributed by atoms with Gasteiger partial charge in [0.15, 0.2) is 11.5 Å². The first-order chi connectivity index (χ1) is 13.0. The molecule has 1 aliphatic heterocycles. The van der Waals surface area contributed by atoms with Crippen LogP contribution in [0.2, 0.25) is 0 Å². The molecular formula is C19H18BrFN2O4. The first kappa shape index (κ1) is 19.2. The number of hydrogen-bond donors (Lipinski definition) is 1. The van der Waals surface area contributed by atoms with Crippen molar-refractivity contribution in [2.75, 3.05) is 31.6 Å². The van der Waals surface area contributed by atoms with Crippen LogP contribution in [0.1, 0.15) is 17.3 Å². The smallest absolute Gasteiger partial charge is 0.257 e. The number of carbonyl (C=O) groups excluding carboxylic acids is 2. The van der Waals surface area contributed by atoms with E-state index in [0.29, 0.717) is 34.9 Å². The molecule has 2 aromatic rings. The molecule has 2 amide bonds. The van der Waals surface area contributed by atoms with E-state index in [1.165, 1.54) is 23.1 Å². The fraction of sp³-hybridized carbons (Fsp3) is 0.263. The second kappa shape index (κ2) is 8.39. The molecule has 1 aliphatic rings. The molecule has 27 heavy (non-hydrogen) atoms. The first-order valence-corrected chi connectivity index (χ1v) is 9.21. The number of halogens is 2. The van der Waals surface area contributed by atoms with Gasteiger partial charge in [0.2, 0.25) is 5.91 Å². The molecule has 142 valence electrons. The lowest BCUT2D eigenvalue weighted by molar-refractivity contribution is -0.116. The molecule has 0 atom stereocenters. The molecule has 0 fully saturated rings. The average Bonchev–Trinajstić information content (AvgIpc) is 2.67. The van der Waals surface area contributed by atoms with Crippen molar-refractivity contribution in [3.63, 3.8) is 0 Å². The Hall–Kier alpha value is -2.61. The van der Waals surface area contributed by atoms with Gasteiger partial charge in [-0.05, 0) is 37.3 Å². The van der Waals surface area contributed by atoms with Gasteiger partial charge in [-0.25, -0.2) is 4.39 Å². The second-order valence-corrected chi connectivity index (χ2v) is 6.77. The third-order valence-corrected chi connectivity index (χ3v) is 4.48. The molecule has 0 bridgehead atoms. The van der Waals surface area contributed by atoms with Gasteiger partial charge in [0.05, 0.1) is 5.56 Å². The molecule has 3 rings (SSSR count). The van der Waals surface area contributed by atoms with Crippen molar-refractivity contribution in [3.05, 3.63) is 52.3 Å². The van der Waals surface area contributed by atoms with Gasteiger partial charge < -0.3 is 19.7 Å². The maximum absolute atomic E-state index is 14.0. The lowest BCUT2D eigenvalue weighted by Crippen LogP contribution is -2.38. The fourth-order valence-corrected chi connectivity index (χ4v) is 3.02. The molecule has 2 aromatic carbocycles. The number of anilines is 1. The van der Waals surface area contributed by atoms with Crippen LogP contribution in [0.5, 0.6) is 11.5 Å². The van der Waals surface area contributed by atoms with Crippen molar-refractivity contribution in [1.82, 2.24) is 4.90 Å². The Balaban J connectivity index is 1.68. The van der Waals surface area contributed by atoms with E-state index in [4.69, 9.17) is 9.47 Å². The molecule has 8 heteroatoms. The zero-order valence-electron chi connectivity index (χ0n) is 14.6. The highest BCUT2D eigenvalue weighted by molar-refractivity contribution is 9.10. The van der Waals surface area contributed by atoms with Gasteiger partial charge >= 0.3 is 0 Å². The van der Waals surface area contributed by atoms with E-state index in [1.807, 2.05) is 0 Å². The average molecular weight is 437 g/mol. The van der Waals surface area contributed by atoms with E-state index in [9.17, 15) is 14.0 Å². The Kier molecular flexibility index (Phi) is 5.95. The van der Waals surface area contributed by atoms with Crippen molar-refractivity contribution in [3.8, 4) is 11.5 Å². The lowest BCUT2D eigenvalue weighted by atomic mass is 10.2. The molecule has 0 saturated heterocycles. The van der Waals surface area contributed by atoms with Crippen LogP contribution in [0.3, 0.4) is 0 Å². The maximum atomic E-state index is 14.0. The van der Waals surface area contributed by atoms with Gasteiger partial charge in [-0.3, -0.25) is 9.59 Å². The van der Waals surface area contributed by atoms with Crippen molar-refractivity contribution >= 4 is 33.4 Å². The minimum absolute atomic E-state index is 0.0849.